The number of benzene rings is 1. The van der Waals surface area contributed by atoms with E-state index in [1.807, 2.05) is 19.4 Å². The molecule has 1 heterocycles. The second-order valence-electron chi connectivity index (χ2n) is 5.73. The van der Waals surface area contributed by atoms with Gasteiger partial charge in [-0.2, -0.15) is 0 Å². The molecule has 0 fully saturated rings. The molecule has 0 amide bonds. The molecule has 4 nitrogen and oxygen atoms in total. The molecule has 0 saturated carbocycles. The van der Waals surface area contributed by atoms with E-state index < -0.39 is 0 Å². The SMILES string of the molecule is CN=C(NCCc1ccncc1C)N(C)Cc1ccc(SC)cc1.I. The summed E-state index contributed by atoms with van der Waals surface area (Å²) in [5.41, 5.74) is 3.84. The number of thioether (sulfide) groups is 1. The maximum atomic E-state index is 4.39. The zero-order chi connectivity index (χ0) is 17.4. The minimum absolute atomic E-state index is 0. The summed E-state index contributed by atoms with van der Waals surface area (Å²) in [6.45, 7) is 3.79. The Labute approximate surface area is 172 Å². The summed E-state index contributed by atoms with van der Waals surface area (Å²) >= 11 is 1.76. The fraction of sp³-hybridized carbons (Fsp3) is 0.368. The standard InChI is InChI=1S/C19H26N4S.HI/c1-15-13-21-11-9-17(15)10-12-22-19(20-2)23(3)14-16-5-7-18(24-4)8-6-16;/h5-9,11,13H,10,12,14H2,1-4H3,(H,20,22);1H. The van der Waals surface area contributed by atoms with Crippen molar-refractivity contribution in [1.29, 1.82) is 0 Å². The van der Waals surface area contributed by atoms with Crippen molar-refractivity contribution in [3.8, 4) is 0 Å². The summed E-state index contributed by atoms with van der Waals surface area (Å²) in [7, 11) is 3.89. The molecule has 0 unspecified atom stereocenters. The van der Waals surface area contributed by atoms with Gasteiger partial charge in [-0.3, -0.25) is 9.98 Å². The first-order valence-electron chi connectivity index (χ1n) is 8.08. The van der Waals surface area contributed by atoms with Gasteiger partial charge in [-0.25, -0.2) is 0 Å². The Hall–Kier alpha value is -1.28. The molecule has 1 aromatic heterocycles. The molecule has 2 aromatic rings. The summed E-state index contributed by atoms with van der Waals surface area (Å²) in [5, 5.41) is 3.44. The van der Waals surface area contributed by atoms with E-state index in [0.717, 1.165) is 25.5 Å². The van der Waals surface area contributed by atoms with E-state index in [9.17, 15) is 0 Å². The number of guanidine groups is 1. The number of halogens is 1. The number of nitrogens with zero attached hydrogens (tertiary/aromatic N) is 3. The summed E-state index contributed by atoms with van der Waals surface area (Å²) in [6, 6.07) is 10.8. The topological polar surface area (TPSA) is 40.5 Å². The summed E-state index contributed by atoms with van der Waals surface area (Å²) < 4.78 is 0. The summed E-state index contributed by atoms with van der Waals surface area (Å²) in [4.78, 5) is 12.0. The number of aryl methyl sites for hydroxylation is 1. The van der Waals surface area contributed by atoms with Crippen LogP contribution in [-0.2, 0) is 13.0 Å². The molecule has 0 aliphatic heterocycles. The highest BCUT2D eigenvalue weighted by atomic mass is 127. The number of nitrogens with one attached hydrogen (secondary N) is 1. The second kappa shape index (κ2) is 11.4. The Bertz CT molecular complexity index is 673. The average Bonchev–Trinajstić information content (AvgIpc) is 2.60. The van der Waals surface area contributed by atoms with E-state index >= 15 is 0 Å². The van der Waals surface area contributed by atoms with Gasteiger partial charge in [-0.05, 0) is 54.5 Å². The van der Waals surface area contributed by atoms with Crippen LogP contribution in [0.2, 0.25) is 0 Å². The highest BCUT2D eigenvalue weighted by molar-refractivity contribution is 14.0. The highest BCUT2D eigenvalue weighted by Gasteiger charge is 2.07. The first-order valence-corrected chi connectivity index (χ1v) is 9.30. The van der Waals surface area contributed by atoms with Gasteiger partial charge < -0.3 is 10.2 Å². The van der Waals surface area contributed by atoms with Crippen LogP contribution in [0.25, 0.3) is 0 Å². The summed E-state index contributed by atoms with van der Waals surface area (Å²) in [6.07, 6.45) is 6.82. The Morgan fingerprint density at radius 2 is 1.96 bits per heavy atom. The van der Waals surface area contributed by atoms with Gasteiger partial charge in [0.05, 0.1) is 0 Å². The predicted molar refractivity (Wildman–Crippen MR) is 119 cm³/mol. The van der Waals surface area contributed by atoms with Crippen LogP contribution in [0, 0.1) is 6.92 Å². The quantitative estimate of drug-likeness (QED) is 0.300. The van der Waals surface area contributed by atoms with Crippen molar-refractivity contribution in [2.24, 2.45) is 4.99 Å². The lowest BCUT2D eigenvalue weighted by molar-refractivity contribution is 0.477. The van der Waals surface area contributed by atoms with Crippen molar-refractivity contribution in [3.05, 3.63) is 59.4 Å². The van der Waals surface area contributed by atoms with Crippen LogP contribution in [0.3, 0.4) is 0 Å². The zero-order valence-electron chi connectivity index (χ0n) is 15.3. The molecule has 0 saturated heterocycles. The maximum absolute atomic E-state index is 4.39. The molecule has 2 rings (SSSR count). The molecule has 0 radical (unpaired) electrons. The van der Waals surface area contributed by atoms with Crippen LogP contribution < -0.4 is 5.32 Å². The van der Waals surface area contributed by atoms with E-state index in [1.54, 1.807) is 11.8 Å². The van der Waals surface area contributed by atoms with Gasteiger partial charge in [-0.15, -0.1) is 35.7 Å². The minimum Gasteiger partial charge on any atom is -0.356 e. The Kier molecular flexibility index (Phi) is 9.89. The third kappa shape index (κ3) is 6.86. The lowest BCUT2D eigenvalue weighted by Gasteiger charge is -2.22. The summed E-state index contributed by atoms with van der Waals surface area (Å²) in [5.74, 6) is 0.913. The number of hydrogen-bond acceptors (Lipinski definition) is 3. The predicted octanol–water partition coefficient (Wildman–Crippen LogP) is 3.98. The molecule has 0 atom stereocenters. The largest absolute Gasteiger partial charge is 0.356 e. The minimum atomic E-state index is 0. The monoisotopic (exact) mass is 470 g/mol. The molecule has 0 spiro atoms. The fourth-order valence-electron chi connectivity index (χ4n) is 2.56. The first kappa shape index (κ1) is 21.8. The van der Waals surface area contributed by atoms with Gasteiger partial charge in [0.15, 0.2) is 5.96 Å². The van der Waals surface area contributed by atoms with Crippen LogP contribution >= 0.6 is 35.7 Å². The lowest BCUT2D eigenvalue weighted by Crippen LogP contribution is -2.39. The van der Waals surface area contributed by atoms with Crippen LogP contribution in [0.1, 0.15) is 16.7 Å². The van der Waals surface area contributed by atoms with Crippen molar-refractivity contribution < 1.29 is 0 Å². The van der Waals surface area contributed by atoms with Crippen molar-refractivity contribution >= 4 is 41.7 Å². The van der Waals surface area contributed by atoms with Crippen molar-refractivity contribution in [1.82, 2.24) is 15.2 Å². The molecule has 6 heteroatoms. The third-order valence-electron chi connectivity index (χ3n) is 3.97. The molecule has 1 aromatic carbocycles. The molecular formula is C19H27IN4S. The number of rotatable bonds is 6. The van der Waals surface area contributed by atoms with E-state index in [-0.39, 0.29) is 24.0 Å². The van der Waals surface area contributed by atoms with Gasteiger partial charge in [0.2, 0.25) is 0 Å². The van der Waals surface area contributed by atoms with Crippen molar-refractivity contribution in [2.45, 2.75) is 24.8 Å². The van der Waals surface area contributed by atoms with Crippen LogP contribution in [0.15, 0.2) is 52.6 Å². The van der Waals surface area contributed by atoms with Gasteiger partial charge in [-0.1, -0.05) is 12.1 Å². The number of pyridine rings is 1. The molecule has 25 heavy (non-hydrogen) atoms. The second-order valence-corrected chi connectivity index (χ2v) is 6.61. The number of aromatic nitrogens is 1. The lowest BCUT2D eigenvalue weighted by atomic mass is 10.1. The molecule has 136 valence electrons. The van der Waals surface area contributed by atoms with E-state index in [1.165, 1.54) is 21.6 Å². The van der Waals surface area contributed by atoms with Crippen molar-refractivity contribution in [2.75, 3.05) is 26.9 Å². The highest BCUT2D eigenvalue weighted by Crippen LogP contribution is 2.15. The normalized spacial score (nSPS) is 11.0. The average molecular weight is 470 g/mol. The van der Waals surface area contributed by atoms with Gasteiger partial charge in [0, 0.05) is 44.5 Å². The van der Waals surface area contributed by atoms with Crippen LogP contribution in [0.4, 0.5) is 0 Å². The molecule has 0 aliphatic carbocycles. The zero-order valence-corrected chi connectivity index (χ0v) is 18.5. The Morgan fingerprint density at radius 1 is 1.24 bits per heavy atom. The maximum Gasteiger partial charge on any atom is 0.193 e. The first-order chi connectivity index (χ1) is 11.6. The van der Waals surface area contributed by atoms with Gasteiger partial charge >= 0.3 is 0 Å². The van der Waals surface area contributed by atoms with Crippen molar-refractivity contribution in [3.63, 3.8) is 0 Å². The number of aliphatic imine (C=N–C) groups is 1. The molecule has 0 aliphatic rings. The van der Waals surface area contributed by atoms with Gasteiger partial charge in [0.1, 0.15) is 0 Å². The fourth-order valence-corrected chi connectivity index (χ4v) is 2.96. The molecular weight excluding hydrogens is 443 g/mol. The number of hydrogen-bond donors (Lipinski definition) is 1. The van der Waals surface area contributed by atoms with E-state index in [0.29, 0.717) is 0 Å². The smallest absolute Gasteiger partial charge is 0.193 e. The molecule has 0 bridgehead atoms. The van der Waals surface area contributed by atoms with Gasteiger partial charge in [0.25, 0.3) is 0 Å². The van der Waals surface area contributed by atoms with Crippen LogP contribution in [-0.4, -0.2) is 42.7 Å². The Morgan fingerprint density at radius 3 is 2.56 bits per heavy atom. The molecule has 1 N–H and O–H groups in total. The van der Waals surface area contributed by atoms with E-state index in [2.05, 4.69) is 70.8 Å². The van der Waals surface area contributed by atoms with Crippen LogP contribution in [0.5, 0.6) is 0 Å². The Balaban J connectivity index is 0.00000312. The third-order valence-corrected chi connectivity index (χ3v) is 4.71. The van der Waals surface area contributed by atoms with E-state index in [4.69, 9.17) is 0 Å².